The van der Waals surface area contributed by atoms with Crippen molar-refractivity contribution in [3.8, 4) is 0 Å². The Bertz CT molecular complexity index is 218. The fourth-order valence-electron chi connectivity index (χ4n) is 0.917. The van der Waals surface area contributed by atoms with Crippen molar-refractivity contribution in [2.75, 3.05) is 50.3 Å². The van der Waals surface area contributed by atoms with E-state index in [4.69, 9.17) is 0 Å². The van der Waals surface area contributed by atoms with E-state index >= 15 is 0 Å². The molecule has 0 radical (unpaired) electrons. The van der Waals surface area contributed by atoms with Gasteiger partial charge in [-0.1, -0.05) is 0 Å². The molecule has 6 nitrogen and oxygen atoms in total. The molecule has 106 valence electrons. The van der Waals surface area contributed by atoms with Crippen LogP contribution in [-0.4, -0.2) is 62.5 Å². The van der Waals surface area contributed by atoms with Crippen molar-refractivity contribution in [3.05, 3.63) is 0 Å². The first kappa shape index (κ1) is 17.2. The van der Waals surface area contributed by atoms with Crippen LogP contribution in [0.15, 0.2) is 0 Å². The summed E-state index contributed by atoms with van der Waals surface area (Å²) in [5.74, 6) is 3.78. The molecule has 0 heterocycles. The highest BCUT2D eigenvalue weighted by atomic mass is 32.2. The average Bonchev–Trinajstić information content (AvgIpc) is 2.40. The van der Waals surface area contributed by atoms with Crippen LogP contribution in [0.1, 0.15) is 0 Å². The van der Waals surface area contributed by atoms with E-state index in [-0.39, 0.29) is 12.2 Å². The maximum Gasteiger partial charge on any atom is 0.406 e. The van der Waals surface area contributed by atoms with E-state index in [1.807, 2.05) is 0 Å². The molecular formula is C10H20N2O4S2. The van der Waals surface area contributed by atoms with E-state index in [1.54, 1.807) is 23.5 Å². The van der Waals surface area contributed by atoms with Crippen LogP contribution in [0.4, 0.5) is 9.59 Å². The first-order valence-electron chi connectivity index (χ1n) is 5.49. The number of amides is 2. The fraction of sp³-hybridized carbons (Fsp3) is 0.800. The van der Waals surface area contributed by atoms with E-state index in [0.717, 1.165) is 23.0 Å². The monoisotopic (exact) mass is 296 g/mol. The molecule has 0 aliphatic rings. The predicted octanol–water partition coefficient (Wildman–Crippen LogP) is 1.16. The van der Waals surface area contributed by atoms with Crippen molar-refractivity contribution >= 4 is 35.7 Å². The van der Waals surface area contributed by atoms with Crippen LogP contribution in [0.3, 0.4) is 0 Å². The lowest BCUT2D eigenvalue weighted by Gasteiger charge is -2.04. The topological polar surface area (TPSA) is 76.7 Å². The third kappa shape index (κ3) is 11.7. The number of hydrogen-bond donors (Lipinski definition) is 2. The molecule has 2 N–H and O–H groups in total. The Morgan fingerprint density at radius 1 is 0.833 bits per heavy atom. The number of thioether (sulfide) groups is 2. The SMILES string of the molecule is COC(=O)NCCSCCSCCNC(=O)OC. The highest BCUT2D eigenvalue weighted by Crippen LogP contribution is 2.05. The first-order chi connectivity index (χ1) is 8.70. The molecule has 0 saturated heterocycles. The Balaban J connectivity index is 3.07. The van der Waals surface area contributed by atoms with E-state index < -0.39 is 0 Å². The standard InChI is InChI=1S/C10H20N2O4S2/c1-15-9(13)11-3-5-17-7-8-18-6-4-12-10(14)16-2/h3-8H2,1-2H3,(H,11,13)(H,12,14). The van der Waals surface area contributed by atoms with Crippen molar-refractivity contribution in [1.29, 1.82) is 0 Å². The highest BCUT2D eigenvalue weighted by molar-refractivity contribution is 8.02. The molecule has 8 heteroatoms. The van der Waals surface area contributed by atoms with Gasteiger partial charge in [0.05, 0.1) is 14.2 Å². The number of carbonyl (C=O) groups is 2. The second-order valence-corrected chi connectivity index (χ2v) is 5.51. The van der Waals surface area contributed by atoms with Gasteiger partial charge in [-0.25, -0.2) is 9.59 Å². The third-order valence-electron chi connectivity index (χ3n) is 1.77. The summed E-state index contributed by atoms with van der Waals surface area (Å²) in [5, 5.41) is 5.22. The third-order valence-corrected chi connectivity index (χ3v) is 4.00. The number of carbonyl (C=O) groups excluding carboxylic acids is 2. The minimum Gasteiger partial charge on any atom is -0.453 e. The van der Waals surface area contributed by atoms with Gasteiger partial charge in [0.15, 0.2) is 0 Å². The number of nitrogens with one attached hydrogen (secondary N) is 2. The lowest BCUT2D eigenvalue weighted by molar-refractivity contribution is 0.171. The smallest absolute Gasteiger partial charge is 0.406 e. The van der Waals surface area contributed by atoms with Crippen LogP contribution in [0.5, 0.6) is 0 Å². The largest absolute Gasteiger partial charge is 0.453 e. The molecule has 0 aromatic heterocycles. The van der Waals surface area contributed by atoms with Gasteiger partial charge in [-0.05, 0) is 0 Å². The van der Waals surface area contributed by atoms with Gasteiger partial charge in [-0.15, -0.1) is 0 Å². The molecule has 0 aromatic carbocycles. The number of ether oxygens (including phenoxy) is 2. The van der Waals surface area contributed by atoms with Crippen LogP contribution in [0, 0.1) is 0 Å². The van der Waals surface area contributed by atoms with E-state index in [9.17, 15) is 9.59 Å². The molecule has 0 spiro atoms. The van der Waals surface area contributed by atoms with Gasteiger partial charge in [-0.3, -0.25) is 0 Å². The lowest BCUT2D eigenvalue weighted by Crippen LogP contribution is -2.25. The molecule has 0 fully saturated rings. The number of hydrogen-bond acceptors (Lipinski definition) is 6. The van der Waals surface area contributed by atoms with Gasteiger partial charge in [0, 0.05) is 36.1 Å². The van der Waals surface area contributed by atoms with Crippen molar-refractivity contribution in [2.45, 2.75) is 0 Å². The molecule has 0 aliphatic carbocycles. The molecule has 0 aliphatic heterocycles. The Morgan fingerprint density at radius 3 is 1.56 bits per heavy atom. The van der Waals surface area contributed by atoms with Crippen molar-refractivity contribution in [2.24, 2.45) is 0 Å². The van der Waals surface area contributed by atoms with Crippen LogP contribution in [0.2, 0.25) is 0 Å². The normalized spacial score (nSPS) is 9.67. The van der Waals surface area contributed by atoms with Crippen molar-refractivity contribution in [1.82, 2.24) is 10.6 Å². The number of methoxy groups -OCH3 is 2. The lowest BCUT2D eigenvalue weighted by atomic mass is 10.7. The summed E-state index contributed by atoms with van der Waals surface area (Å²) in [6.45, 7) is 1.23. The molecule has 0 aromatic rings. The maximum atomic E-state index is 10.7. The maximum absolute atomic E-state index is 10.7. The van der Waals surface area contributed by atoms with Gasteiger partial charge in [0.25, 0.3) is 0 Å². The second kappa shape index (κ2) is 12.7. The summed E-state index contributed by atoms with van der Waals surface area (Å²) in [7, 11) is 2.70. The van der Waals surface area contributed by atoms with Crippen molar-refractivity contribution < 1.29 is 19.1 Å². The zero-order valence-electron chi connectivity index (χ0n) is 10.7. The molecule has 0 atom stereocenters. The van der Waals surface area contributed by atoms with Crippen LogP contribution < -0.4 is 10.6 Å². The zero-order chi connectivity index (χ0) is 13.6. The summed E-state index contributed by atoms with van der Waals surface area (Å²) in [6.07, 6.45) is -0.780. The quantitative estimate of drug-likeness (QED) is 0.622. The minimum absolute atomic E-state index is 0.390. The zero-order valence-corrected chi connectivity index (χ0v) is 12.3. The summed E-state index contributed by atoms with van der Waals surface area (Å²) in [5.41, 5.74) is 0. The molecule has 0 saturated carbocycles. The van der Waals surface area contributed by atoms with Gasteiger partial charge < -0.3 is 20.1 Å². The molecule has 2 amide bonds. The molecule has 0 rings (SSSR count). The molecule has 0 unspecified atom stereocenters. The highest BCUT2D eigenvalue weighted by Gasteiger charge is 1.98. The molecular weight excluding hydrogens is 276 g/mol. The van der Waals surface area contributed by atoms with Gasteiger partial charge >= 0.3 is 12.2 Å². The number of rotatable bonds is 9. The Kier molecular flexibility index (Phi) is 12.2. The average molecular weight is 296 g/mol. The van der Waals surface area contributed by atoms with Crippen LogP contribution in [-0.2, 0) is 9.47 Å². The second-order valence-electron chi connectivity index (χ2n) is 3.06. The van der Waals surface area contributed by atoms with Crippen molar-refractivity contribution in [3.63, 3.8) is 0 Å². The number of alkyl carbamates (subject to hydrolysis) is 2. The first-order valence-corrected chi connectivity index (χ1v) is 7.80. The minimum atomic E-state index is -0.390. The van der Waals surface area contributed by atoms with E-state index in [0.29, 0.717) is 13.1 Å². The Hall–Kier alpha value is -0.760. The molecule has 18 heavy (non-hydrogen) atoms. The van der Waals surface area contributed by atoms with Crippen LogP contribution in [0.25, 0.3) is 0 Å². The van der Waals surface area contributed by atoms with Gasteiger partial charge in [0.1, 0.15) is 0 Å². The van der Waals surface area contributed by atoms with E-state index in [2.05, 4.69) is 20.1 Å². The van der Waals surface area contributed by atoms with Gasteiger partial charge in [0.2, 0.25) is 0 Å². The molecule has 0 bridgehead atoms. The summed E-state index contributed by atoms with van der Waals surface area (Å²) >= 11 is 3.54. The summed E-state index contributed by atoms with van der Waals surface area (Å²) < 4.78 is 8.89. The van der Waals surface area contributed by atoms with Crippen LogP contribution >= 0.6 is 23.5 Å². The van der Waals surface area contributed by atoms with E-state index in [1.165, 1.54) is 14.2 Å². The van der Waals surface area contributed by atoms with Gasteiger partial charge in [-0.2, -0.15) is 23.5 Å². The summed E-state index contributed by atoms with van der Waals surface area (Å²) in [6, 6.07) is 0. The fourth-order valence-corrected chi connectivity index (χ4v) is 2.76. The predicted molar refractivity (Wildman–Crippen MR) is 75.5 cm³/mol. The summed E-state index contributed by atoms with van der Waals surface area (Å²) in [4.78, 5) is 21.4. The Morgan fingerprint density at radius 2 is 1.22 bits per heavy atom. The Labute approximate surface area is 116 Å².